The number of likely N-dealkylation sites (N-methyl/N-ethyl adjacent to an activating group) is 2. The lowest BCUT2D eigenvalue weighted by molar-refractivity contribution is -0.115. The number of amides is 3. The molecular formula is C8H17N3O2. The molecule has 0 atom stereocenters. The zero-order valence-electron chi connectivity index (χ0n) is 8.65. The van der Waals surface area contributed by atoms with Crippen molar-refractivity contribution in [2.24, 2.45) is 0 Å². The molecule has 0 bridgehead atoms. The van der Waals surface area contributed by atoms with Crippen molar-refractivity contribution in [3.63, 3.8) is 0 Å². The first-order valence-electron chi connectivity index (χ1n) is 4.07. The molecular weight excluding hydrogens is 170 g/mol. The maximum atomic E-state index is 10.8. The Morgan fingerprint density at radius 1 is 1.23 bits per heavy atom. The van der Waals surface area contributed by atoms with E-state index in [9.17, 15) is 9.59 Å². The maximum Gasteiger partial charge on any atom is 0.319 e. The number of hydrogen-bond donors (Lipinski definition) is 0. The van der Waals surface area contributed by atoms with E-state index in [0.717, 1.165) is 19.5 Å². The molecule has 0 aromatic rings. The van der Waals surface area contributed by atoms with Crippen LogP contribution in [0.1, 0.15) is 0 Å². The van der Waals surface area contributed by atoms with Gasteiger partial charge in [-0.25, -0.2) is 4.79 Å². The molecule has 5 heteroatoms. The van der Waals surface area contributed by atoms with Gasteiger partial charge in [-0.2, -0.15) is 0 Å². The van der Waals surface area contributed by atoms with Gasteiger partial charge in [0.15, 0.2) is 0 Å². The van der Waals surface area contributed by atoms with E-state index in [4.69, 9.17) is 0 Å². The van der Waals surface area contributed by atoms with Crippen molar-refractivity contribution < 1.29 is 9.59 Å². The fourth-order valence-electron chi connectivity index (χ4n) is 0.783. The lowest BCUT2D eigenvalue weighted by Crippen LogP contribution is -2.25. The Morgan fingerprint density at radius 2 is 1.54 bits per heavy atom. The van der Waals surface area contributed by atoms with Crippen molar-refractivity contribution in [3.8, 4) is 0 Å². The summed E-state index contributed by atoms with van der Waals surface area (Å²) >= 11 is 0. The van der Waals surface area contributed by atoms with Gasteiger partial charge in [-0.05, 0) is 0 Å². The molecule has 0 spiro atoms. The SMILES string of the molecule is CN(C)C=O.CN1CCN(C)C1=O. The number of nitrogens with zero attached hydrogens (tertiary/aromatic N) is 3. The fourth-order valence-corrected chi connectivity index (χ4v) is 0.783. The predicted octanol–water partition coefficient (Wildman–Crippen LogP) is -0.312. The third-order valence-corrected chi connectivity index (χ3v) is 1.63. The Balaban J connectivity index is 0.000000252. The minimum absolute atomic E-state index is 0.130. The van der Waals surface area contributed by atoms with Gasteiger partial charge in [0.05, 0.1) is 0 Å². The van der Waals surface area contributed by atoms with Crippen LogP contribution in [-0.4, -0.2) is 68.4 Å². The topological polar surface area (TPSA) is 43.9 Å². The smallest absolute Gasteiger partial charge is 0.319 e. The first-order valence-corrected chi connectivity index (χ1v) is 4.07. The lowest BCUT2D eigenvalue weighted by Gasteiger charge is -2.07. The molecule has 1 heterocycles. The monoisotopic (exact) mass is 187 g/mol. The van der Waals surface area contributed by atoms with Crippen molar-refractivity contribution in [2.45, 2.75) is 0 Å². The molecule has 0 N–H and O–H groups in total. The average Bonchev–Trinajstić information content (AvgIpc) is 2.37. The second-order valence-corrected chi connectivity index (χ2v) is 3.19. The summed E-state index contributed by atoms with van der Waals surface area (Å²) < 4.78 is 0. The molecule has 3 amide bonds. The Labute approximate surface area is 78.9 Å². The predicted molar refractivity (Wildman–Crippen MR) is 50.4 cm³/mol. The molecule has 0 saturated carbocycles. The Kier molecular flexibility index (Phi) is 4.87. The van der Waals surface area contributed by atoms with Crippen molar-refractivity contribution in [1.82, 2.24) is 14.7 Å². The summed E-state index contributed by atoms with van der Waals surface area (Å²) in [5.41, 5.74) is 0. The largest absolute Gasteiger partial charge is 0.351 e. The van der Waals surface area contributed by atoms with Crippen molar-refractivity contribution in [3.05, 3.63) is 0 Å². The van der Waals surface area contributed by atoms with Gasteiger partial charge in [-0.15, -0.1) is 0 Å². The highest BCUT2D eigenvalue weighted by Gasteiger charge is 2.20. The molecule has 5 nitrogen and oxygen atoms in total. The number of carbonyl (C=O) groups excluding carboxylic acids is 2. The van der Waals surface area contributed by atoms with Crippen LogP contribution in [0.4, 0.5) is 4.79 Å². The van der Waals surface area contributed by atoms with Gasteiger partial charge in [0.1, 0.15) is 0 Å². The highest BCUT2D eigenvalue weighted by atomic mass is 16.2. The van der Waals surface area contributed by atoms with Gasteiger partial charge in [0.25, 0.3) is 0 Å². The molecule has 0 aliphatic carbocycles. The summed E-state index contributed by atoms with van der Waals surface area (Å²) in [6.45, 7) is 1.74. The fraction of sp³-hybridized carbons (Fsp3) is 0.750. The number of urea groups is 1. The van der Waals surface area contributed by atoms with Crippen LogP contribution in [0.5, 0.6) is 0 Å². The normalized spacial score (nSPS) is 15.2. The first kappa shape index (κ1) is 11.7. The van der Waals surface area contributed by atoms with E-state index in [-0.39, 0.29) is 6.03 Å². The minimum Gasteiger partial charge on any atom is -0.351 e. The van der Waals surface area contributed by atoms with E-state index in [0.29, 0.717) is 0 Å². The van der Waals surface area contributed by atoms with Crippen LogP contribution in [0.3, 0.4) is 0 Å². The average molecular weight is 187 g/mol. The lowest BCUT2D eigenvalue weighted by atomic mass is 10.6. The zero-order chi connectivity index (χ0) is 10.4. The van der Waals surface area contributed by atoms with Crippen LogP contribution >= 0.6 is 0 Å². The van der Waals surface area contributed by atoms with Crippen molar-refractivity contribution in [1.29, 1.82) is 0 Å². The van der Waals surface area contributed by atoms with Crippen molar-refractivity contribution in [2.75, 3.05) is 41.3 Å². The highest BCUT2D eigenvalue weighted by molar-refractivity contribution is 5.75. The quantitative estimate of drug-likeness (QED) is 0.528. The number of rotatable bonds is 1. The molecule has 1 fully saturated rings. The van der Waals surface area contributed by atoms with E-state index in [1.807, 2.05) is 14.1 Å². The molecule has 0 radical (unpaired) electrons. The molecule has 76 valence electrons. The van der Waals surface area contributed by atoms with Crippen LogP contribution in [0.2, 0.25) is 0 Å². The first-order chi connectivity index (χ1) is 5.99. The molecule has 1 aliphatic heterocycles. The zero-order valence-corrected chi connectivity index (χ0v) is 8.65. The van der Waals surface area contributed by atoms with E-state index < -0.39 is 0 Å². The van der Waals surface area contributed by atoms with Gasteiger partial charge in [-0.1, -0.05) is 0 Å². The van der Waals surface area contributed by atoms with Crippen molar-refractivity contribution >= 4 is 12.4 Å². The van der Waals surface area contributed by atoms with E-state index >= 15 is 0 Å². The number of carbonyl (C=O) groups is 2. The highest BCUT2D eigenvalue weighted by Crippen LogP contribution is 2.00. The van der Waals surface area contributed by atoms with Crippen LogP contribution in [0.25, 0.3) is 0 Å². The maximum absolute atomic E-state index is 10.8. The molecule has 1 saturated heterocycles. The van der Waals surface area contributed by atoms with E-state index in [2.05, 4.69) is 0 Å². The van der Waals surface area contributed by atoms with Crippen LogP contribution in [-0.2, 0) is 4.79 Å². The van der Waals surface area contributed by atoms with E-state index in [1.165, 1.54) is 4.90 Å². The summed E-state index contributed by atoms with van der Waals surface area (Å²) in [4.78, 5) is 25.0. The second-order valence-electron chi connectivity index (χ2n) is 3.19. The van der Waals surface area contributed by atoms with Gasteiger partial charge in [-0.3, -0.25) is 4.79 Å². The Bertz CT molecular complexity index is 170. The standard InChI is InChI=1S/C5H10N2O.C3H7NO/c1-6-3-4-7(2)5(6)8;1-4(2)3-5/h3-4H2,1-2H3;3H,1-2H3. The summed E-state index contributed by atoms with van der Waals surface area (Å²) in [5, 5.41) is 0. The van der Waals surface area contributed by atoms with E-state index in [1.54, 1.807) is 23.9 Å². The molecule has 0 aromatic carbocycles. The van der Waals surface area contributed by atoms with Gasteiger partial charge in [0.2, 0.25) is 6.41 Å². The van der Waals surface area contributed by atoms with Crippen LogP contribution < -0.4 is 0 Å². The van der Waals surface area contributed by atoms with Gasteiger partial charge < -0.3 is 14.7 Å². The Hall–Kier alpha value is -1.26. The third kappa shape index (κ3) is 4.35. The molecule has 13 heavy (non-hydrogen) atoms. The third-order valence-electron chi connectivity index (χ3n) is 1.63. The van der Waals surface area contributed by atoms with Gasteiger partial charge in [0, 0.05) is 41.3 Å². The summed E-state index contributed by atoms with van der Waals surface area (Å²) in [6.07, 6.45) is 0.750. The molecule has 0 aromatic heterocycles. The summed E-state index contributed by atoms with van der Waals surface area (Å²) in [6, 6.07) is 0.130. The minimum atomic E-state index is 0.130. The van der Waals surface area contributed by atoms with Crippen LogP contribution in [0, 0.1) is 0 Å². The molecule has 0 unspecified atom stereocenters. The van der Waals surface area contributed by atoms with Gasteiger partial charge >= 0.3 is 6.03 Å². The Morgan fingerprint density at radius 3 is 1.62 bits per heavy atom. The summed E-state index contributed by atoms with van der Waals surface area (Å²) in [5.74, 6) is 0. The summed E-state index contributed by atoms with van der Waals surface area (Å²) in [7, 11) is 7.00. The number of hydrogen-bond acceptors (Lipinski definition) is 2. The van der Waals surface area contributed by atoms with Crippen LogP contribution in [0.15, 0.2) is 0 Å². The molecule has 1 aliphatic rings. The second kappa shape index (κ2) is 5.40. The molecule has 1 rings (SSSR count).